The highest BCUT2D eigenvalue weighted by Crippen LogP contribution is 2.34. The first-order valence-electron chi connectivity index (χ1n) is 12.2. The molecule has 3 aromatic carbocycles. The number of rotatable bonds is 9. The highest BCUT2D eigenvalue weighted by atomic mass is 16.5. The number of ether oxygens (including phenoxy) is 3. The van der Waals surface area contributed by atoms with Crippen molar-refractivity contribution in [3.05, 3.63) is 99.2 Å². The Morgan fingerprint density at radius 3 is 1.64 bits per heavy atom. The maximum Gasteiger partial charge on any atom is 0.340 e. The Hall–Kier alpha value is -3.73. The van der Waals surface area contributed by atoms with Gasteiger partial charge in [0.25, 0.3) is 0 Å². The van der Waals surface area contributed by atoms with E-state index in [0.29, 0.717) is 12.2 Å². The quantitative estimate of drug-likeness (QED) is 0.275. The molecule has 0 amide bonds. The minimum atomic E-state index is -0.364. The van der Waals surface area contributed by atoms with Crippen molar-refractivity contribution in [2.45, 2.75) is 47.6 Å². The summed E-state index contributed by atoms with van der Waals surface area (Å²) in [7, 11) is 3.38. The number of hydrogen-bond acceptors (Lipinski definition) is 5. The van der Waals surface area contributed by atoms with Gasteiger partial charge < -0.3 is 19.5 Å². The van der Waals surface area contributed by atoms with Crippen LogP contribution in [0.25, 0.3) is 5.57 Å². The van der Waals surface area contributed by atoms with Gasteiger partial charge in [0.05, 0.1) is 32.4 Å². The summed E-state index contributed by atoms with van der Waals surface area (Å²) < 4.78 is 16.6. The predicted molar refractivity (Wildman–Crippen MR) is 146 cm³/mol. The molecule has 3 rings (SSSR count). The third kappa shape index (κ3) is 5.91. The van der Waals surface area contributed by atoms with Gasteiger partial charge in [0, 0.05) is 6.20 Å². The van der Waals surface area contributed by atoms with Gasteiger partial charge in [-0.05, 0) is 105 Å². The van der Waals surface area contributed by atoms with E-state index in [1.165, 1.54) is 0 Å². The van der Waals surface area contributed by atoms with Crippen LogP contribution in [0.2, 0.25) is 0 Å². The largest absolute Gasteiger partial charge is 0.496 e. The topological polar surface area (TPSA) is 56.8 Å². The molecule has 0 aliphatic carbocycles. The lowest BCUT2D eigenvalue weighted by atomic mass is 9.92. The first-order valence-corrected chi connectivity index (χ1v) is 12.2. The van der Waals surface area contributed by atoms with Gasteiger partial charge in [0.1, 0.15) is 11.5 Å². The molecule has 0 aliphatic rings. The Morgan fingerprint density at radius 2 is 1.25 bits per heavy atom. The van der Waals surface area contributed by atoms with Crippen molar-refractivity contribution in [2.75, 3.05) is 20.8 Å². The van der Waals surface area contributed by atoms with Gasteiger partial charge in [-0.3, -0.25) is 0 Å². The van der Waals surface area contributed by atoms with Gasteiger partial charge in [-0.15, -0.1) is 0 Å². The molecule has 0 saturated carbocycles. The molecule has 0 spiro atoms. The molecule has 0 bridgehead atoms. The number of nitrogens with one attached hydrogen (secondary N) is 1. The third-order valence-electron chi connectivity index (χ3n) is 6.29. The summed E-state index contributed by atoms with van der Waals surface area (Å²) in [4.78, 5) is 12.9. The second-order valence-corrected chi connectivity index (χ2v) is 9.12. The minimum absolute atomic E-state index is 0.216. The first kappa shape index (κ1) is 26.9. The fourth-order valence-corrected chi connectivity index (χ4v) is 4.70. The van der Waals surface area contributed by atoms with E-state index in [0.717, 1.165) is 56.0 Å². The van der Waals surface area contributed by atoms with Crippen molar-refractivity contribution in [1.82, 2.24) is 5.32 Å². The molecule has 3 aromatic rings. The second-order valence-electron chi connectivity index (χ2n) is 9.12. The number of benzene rings is 3. The number of hydrogen-bond donors (Lipinski definition) is 1. The molecule has 0 unspecified atom stereocenters. The zero-order valence-corrected chi connectivity index (χ0v) is 22.6. The molecule has 1 N–H and O–H groups in total. The Morgan fingerprint density at radius 1 is 0.806 bits per heavy atom. The normalized spacial score (nSPS) is 11.4. The molecule has 0 atom stereocenters. The van der Waals surface area contributed by atoms with Crippen LogP contribution in [-0.2, 0) is 9.53 Å². The smallest absolute Gasteiger partial charge is 0.340 e. The summed E-state index contributed by atoms with van der Waals surface area (Å²) in [5, 5.41) is 3.54. The van der Waals surface area contributed by atoms with Crippen molar-refractivity contribution in [3.63, 3.8) is 0 Å². The van der Waals surface area contributed by atoms with Crippen LogP contribution < -0.4 is 14.8 Å². The van der Waals surface area contributed by atoms with Crippen molar-refractivity contribution in [1.29, 1.82) is 0 Å². The van der Waals surface area contributed by atoms with Crippen LogP contribution in [0.4, 0.5) is 0 Å². The molecule has 0 heterocycles. The SMILES string of the molecule is CCOC(=O)/C(=C/NC(c1cc(C)c(OC)c(C)c1)c1cc(C)c(OC)c(C)c1)c1ccc(C)cc1. The first-order chi connectivity index (χ1) is 17.2. The highest BCUT2D eigenvalue weighted by Gasteiger charge is 2.20. The van der Waals surface area contributed by atoms with Crippen LogP contribution in [-0.4, -0.2) is 26.8 Å². The zero-order valence-electron chi connectivity index (χ0n) is 22.6. The summed E-state index contributed by atoms with van der Waals surface area (Å²) in [5.41, 5.74) is 8.74. The van der Waals surface area contributed by atoms with Gasteiger partial charge in [-0.1, -0.05) is 29.8 Å². The van der Waals surface area contributed by atoms with E-state index >= 15 is 0 Å². The van der Waals surface area contributed by atoms with Crippen LogP contribution in [0.5, 0.6) is 11.5 Å². The maximum atomic E-state index is 12.9. The summed E-state index contributed by atoms with van der Waals surface area (Å²) in [6.07, 6.45) is 1.77. The molecule has 0 saturated heterocycles. The van der Waals surface area contributed by atoms with Crippen LogP contribution in [0.3, 0.4) is 0 Å². The molecule has 36 heavy (non-hydrogen) atoms. The Kier molecular flexibility index (Phi) is 8.81. The molecule has 0 aliphatic heterocycles. The molecule has 0 fully saturated rings. The van der Waals surface area contributed by atoms with E-state index < -0.39 is 0 Å². The highest BCUT2D eigenvalue weighted by molar-refractivity contribution is 6.16. The van der Waals surface area contributed by atoms with E-state index in [1.54, 1.807) is 20.4 Å². The minimum Gasteiger partial charge on any atom is -0.496 e. The van der Waals surface area contributed by atoms with Crippen molar-refractivity contribution in [2.24, 2.45) is 0 Å². The standard InChI is InChI=1S/C31H37NO4/c1-9-36-31(33)27(24-12-10-19(2)11-13-24)18-32-28(25-14-20(3)29(34-7)21(4)15-25)26-16-22(5)30(35-8)23(6)17-26/h10-18,28,32H,9H2,1-8H3/b27-18+. The summed E-state index contributed by atoms with van der Waals surface area (Å²) in [5.74, 6) is 1.39. The Labute approximate surface area is 215 Å². The Bertz CT molecular complexity index is 1150. The number of carbonyl (C=O) groups excluding carboxylic acids is 1. The van der Waals surface area contributed by atoms with Gasteiger partial charge in [-0.2, -0.15) is 0 Å². The lowest BCUT2D eigenvalue weighted by Crippen LogP contribution is -2.20. The number of methoxy groups -OCH3 is 2. The van der Waals surface area contributed by atoms with Crippen LogP contribution in [0.15, 0.2) is 54.7 Å². The van der Waals surface area contributed by atoms with E-state index in [1.807, 2.05) is 65.8 Å². The molecular formula is C31H37NO4. The second kappa shape index (κ2) is 11.8. The molecule has 0 aromatic heterocycles. The van der Waals surface area contributed by atoms with Gasteiger partial charge >= 0.3 is 5.97 Å². The predicted octanol–water partition coefficient (Wildman–Crippen LogP) is 6.53. The van der Waals surface area contributed by atoms with Gasteiger partial charge in [0.2, 0.25) is 0 Å². The average Bonchev–Trinajstić information content (AvgIpc) is 2.82. The third-order valence-corrected chi connectivity index (χ3v) is 6.29. The summed E-state index contributed by atoms with van der Waals surface area (Å²) >= 11 is 0. The Balaban J connectivity index is 2.16. The van der Waals surface area contributed by atoms with E-state index in [4.69, 9.17) is 14.2 Å². The summed E-state index contributed by atoms with van der Waals surface area (Å²) in [6, 6.07) is 16.2. The number of carbonyl (C=O) groups is 1. The van der Waals surface area contributed by atoms with E-state index in [-0.39, 0.29) is 12.0 Å². The van der Waals surface area contributed by atoms with E-state index in [2.05, 4.69) is 29.6 Å². The average molecular weight is 488 g/mol. The lowest BCUT2D eigenvalue weighted by molar-refractivity contribution is -0.136. The van der Waals surface area contributed by atoms with Crippen LogP contribution >= 0.6 is 0 Å². The van der Waals surface area contributed by atoms with Crippen molar-refractivity contribution in [3.8, 4) is 11.5 Å². The molecule has 190 valence electrons. The van der Waals surface area contributed by atoms with Crippen LogP contribution in [0, 0.1) is 34.6 Å². The molecule has 5 nitrogen and oxygen atoms in total. The van der Waals surface area contributed by atoms with Crippen molar-refractivity contribution >= 4 is 11.5 Å². The summed E-state index contributed by atoms with van der Waals surface area (Å²) in [6.45, 7) is 12.3. The number of esters is 1. The molecular weight excluding hydrogens is 450 g/mol. The van der Waals surface area contributed by atoms with Crippen LogP contribution in [0.1, 0.15) is 57.5 Å². The van der Waals surface area contributed by atoms with E-state index in [9.17, 15) is 4.79 Å². The lowest BCUT2D eigenvalue weighted by Gasteiger charge is -2.23. The molecule has 5 heteroatoms. The maximum absolute atomic E-state index is 12.9. The van der Waals surface area contributed by atoms with Gasteiger partial charge in [-0.25, -0.2) is 4.79 Å². The fraction of sp³-hybridized carbons (Fsp3) is 0.323. The number of aryl methyl sites for hydroxylation is 5. The zero-order chi connectivity index (χ0) is 26.4. The monoisotopic (exact) mass is 487 g/mol. The van der Waals surface area contributed by atoms with Crippen molar-refractivity contribution < 1.29 is 19.0 Å². The van der Waals surface area contributed by atoms with Gasteiger partial charge in [0.15, 0.2) is 0 Å². The fourth-order valence-electron chi connectivity index (χ4n) is 4.70. The molecule has 0 radical (unpaired) electrons.